The first-order valence-corrected chi connectivity index (χ1v) is 7.32. The van der Waals surface area contributed by atoms with E-state index in [9.17, 15) is 9.90 Å². The van der Waals surface area contributed by atoms with Gasteiger partial charge in [-0.2, -0.15) is 0 Å². The highest BCUT2D eigenvalue weighted by atomic mass is 16.3. The smallest absolute Gasteiger partial charge is 0.197 e. The maximum absolute atomic E-state index is 12.2. The molecular formula is C18H25NO2. The molecule has 0 aliphatic carbocycles. The van der Waals surface area contributed by atoms with Gasteiger partial charge in [0.25, 0.3) is 0 Å². The number of hydrogen-bond acceptors (Lipinski definition) is 2. The van der Waals surface area contributed by atoms with Gasteiger partial charge in [0.2, 0.25) is 0 Å². The van der Waals surface area contributed by atoms with Crippen LogP contribution in [0.5, 0.6) is 5.75 Å². The number of rotatable bonds is 2. The second kappa shape index (κ2) is 9.59. The van der Waals surface area contributed by atoms with Gasteiger partial charge in [-0.1, -0.05) is 52.5 Å². The number of fused-ring (bicyclic) bond motifs is 1. The summed E-state index contributed by atoms with van der Waals surface area (Å²) in [4.78, 5) is 15.2. The topological polar surface area (TPSA) is 53.1 Å². The first-order chi connectivity index (χ1) is 10.2. The summed E-state index contributed by atoms with van der Waals surface area (Å²) >= 11 is 0. The second-order valence-corrected chi connectivity index (χ2v) is 3.69. The van der Waals surface area contributed by atoms with Gasteiger partial charge in [-0.25, -0.2) is 0 Å². The molecule has 1 heterocycles. The number of aromatic nitrogens is 1. The minimum atomic E-state index is -0.127. The van der Waals surface area contributed by atoms with Crippen molar-refractivity contribution in [3.8, 4) is 5.75 Å². The largest absolute Gasteiger partial charge is 0.506 e. The van der Waals surface area contributed by atoms with E-state index in [-0.39, 0.29) is 11.2 Å². The number of phenols is 1. The summed E-state index contributed by atoms with van der Waals surface area (Å²) < 4.78 is 0. The van der Waals surface area contributed by atoms with Crippen molar-refractivity contribution in [2.75, 3.05) is 0 Å². The monoisotopic (exact) mass is 287 g/mol. The summed E-state index contributed by atoms with van der Waals surface area (Å²) in [6.45, 7) is 13.5. The molecular weight excluding hydrogens is 262 g/mol. The lowest BCUT2D eigenvalue weighted by molar-refractivity contribution is 0.480. The fourth-order valence-electron chi connectivity index (χ4n) is 1.83. The van der Waals surface area contributed by atoms with E-state index in [1.807, 2.05) is 40.7 Å². The average Bonchev–Trinajstić information content (AvgIpc) is 2.53. The summed E-state index contributed by atoms with van der Waals surface area (Å²) in [5.74, 6) is 0.0703. The summed E-state index contributed by atoms with van der Waals surface area (Å²) in [6.07, 6.45) is 5.13. The number of pyridine rings is 1. The van der Waals surface area contributed by atoms with Crippen molar-refractivity contribution in [1.82, 2.24) is 4.98 Å². The SMILES string of the molecule is C=Cc1c(/C=C\C)[nH]c2c(O)cccc2c1=O.CC.CC. The molecule has 1 aromatic heterocycles. The van der Waals surface area contributed by atoms with Crippen LogP contribution >= 0.6 is 0 Å². The van der Waals surface area contributed by atoms with Crippen LogP contribution in [0, 0.1) is 0 Å². The minimum Gasteiger partial charge on any atom is -0.506 e. The van der Waals surface area contributed by atoms with Crippen LogP contribution in [0.2, 0.25) is 0 Å². The third-order valence-corrected chi connectivity index (χ3v) is 2.62. The van der Waals surface area contributed by atoms with Gasteiger partial charge in [0, 0.05) is 16.6 Å². The first kappa shape index (κ1) is 18.7. The normalized spacial score (nSPS) is 9.57. The van der Waals surface area contributed by atoms with Gasteiger partial charge in [0.1, 0.15) is 5.75 Å². The molecule has 0 fully saturated rings. The van der Waals surface area contributed by atoms with Gasteiger partial charge in [0.05, 0.1) is 5.52 Å². The van der Waals surface area contributed by atoms with E-state index in [0.29, 0.717) is 22.2 Å². The Balaban J connectivity index is 0.000000921. The van der Waals surface area contributed by atoms with Crippen molar-refractivity contribution in [2.45, 2.75) is 34.6 Å². The summed E-state index contributed by atoms with van der Waals surface area (Å²) in [6, 6.07) is 4.88. The molecule has 0 radical (unpaired) electrons. The van der Waals surface area contributed by atoms with E-state index in [0.717, 1.165) is 0 Å². The van der Waals surface area contributed by atoms with E-state index in [1.165, 1.54) is 6.08 Å². The Hall–Kier alpha value is -2.29. The molecule has 0 saturated heterocycles. The fourth-order valence-corrected chi connectivity index (χ4v) is 1.83. The van der Waals surface area contributed by atoms with Gasteiger partial charge in [-0.05, 0) is 25.1 Å². The number of H-pyrrole nitrogens is 1. The minimum absolute atomic E-state index is 0.0703. The lowest BCUT2D eigenvalue weighted by Gasteiger charge is -2.06. The molecule has 0 bridgehead atoms. The molecule has 21 heavy (non-hydrogen) atoms. The highest BCUT2D eigenvalue weighted by Gasteiger charge is 2.09. The van der Waals surface area contributed by atoms with Crippen LogP contribution in [-0.4, -0.2) is 10.1 Å². The molecule has 0 atom stereocenters. The third kappa shape index (κ3) is 4.09. The Kier molecular flexibility index (Phi) is 8.54. The van der Waals surface area contributed by atoms with Crippen LogP contribution in [-0.2, 0) is 0 Å². The average molecular weight is 287 g/mol. The number of aromatic amines is 1. The highest BCUT2D eigenvalue weighted by Crippen LogP contribution is 2.22. The van der Waals surface area contributed by atoms with Crippen molar-refractivity contribution >= 4 is 23.1 Å². The standard InChI is InChI=1S/C14H13NO2.2C2H6/c1-3-6-11-9(4-2)14(17)10-7-5-8-12(16)13(10)15-11;2*1-2/h3-8,16H,2H2,1H3,(H,15,17);2*1-2H3/b6-3-;;. The number of nitrogens with one attached hydrogen (secondary N) is 1. The Morgan fingerprint density at radius 3 is 2.33 bits per heavy atom. The van der Waals surface area contributed by atoms with Gasteiger partial charge < -0.3 is 10.1 Å². The first-order valence-electron chi connectivity index (χ1n) is 7.32. The van der Waals surface area contributed by atoms with Gasteiger partial charge in [0.15, 0.2) is 5.43 Å². The van der Waals surface area contributed by atoms with Crippen LogP contribution in [0.25, 0.3) is 23.1 Å². The molecule has 114 valence electrons. The molecule has 3 heteroatoms. The van der Waals surface area contributed by atoms with E-state index in [1.54, 1.807) is 24.3 Å². The molecule has 0 aliphatic rings. The molecule has 3 nitrogen and oxygen atoms in total. The molecule has 0 unspecified atom stereocenters. The molecule has 0 amide bonds. The number of aromatic hydroxyl groups is 1. The van der Waals surface area contributed by atoms with Crippen molar-refractivity contribution < 1.29 is 5.11 Å². The molecule has 2 rings (SSSR count). The zero-order valence-corrected chi connectivity index (χ0v) is 13.5. The second-order valence-electron chi connectivity index (χ2n) is 3.69. The quantitative estimate of drug-likeness (QED) is 0.820. The van der Waals surface area contributed by atoms with Crippen LogP contribution in [0.3, 0.4) is 0 Å². The molecule has 0 saturated carbocycles. The Labute approximate surface area is 126 Å². The van der Waals surface area contributed by atoms with Crippen LogP contribution in [0.1, 0.15) is 45.9 Å². The van der Waals surface area contributed by atoms with Crippen LogP contribution < -0.4 is 5.43 Å². The Morgan fingerprint density at radius 2 is 1.81 bits per heavy atom. The highest BCUT2D eigenvalue weighted by molar-refractivity contribution is 5.87. The maximum Gasteiger partial charge on any atom is 0.197 e. The van der Waals surface area contributed by atoms with Crippen LogP contribution in [0.4, 0.5) is 0 Å². The summed E-state index contributed by atoms with van der Waals surface area (Å²) in [5, 5.41) is 10.2. The van der Waals surface area contributed by atoms with E-state index < -0.39 is 0 Å². The Morgan fingerprint density at radius 1 is 1.19 bits per heavy atom. The third-order valence-electron chi connectivity index (χ3n) is 2.62. The predicted octanol–water partition coefficient (Wildman–Crippen LogP) is 4.96. The molecule has 2 N–H and O–H groups in total. The molecule has 0 spiro atoms. The number of benzene rings is 1. The Bertz CT molecular complexity index is 667. The molecule has 1 aromatic carbocycles. The van der Waals surface area contributed by atoms with E-state index in [2.05, 4.69) is 11.6 Å². The molecule has 2 aromatic rings. The fraction of sp³-hybridized carbons (Fsp3) is 0.278. The van der Waals surface area contributed by atoms with Crippen molar-refractivity contribution in [2.24, 2.45) is 0 Å². The van der Waals surface area contributed by atoms with Crippen LogP contribution in [0.15, 0.2) is 35.6 Å². The summed E-state index contributed by atoms with van der Waals surface area (Å²) in [5.41, 5.74) is 1.50. The van der Waals surface area contributed by atoms with Gasteiger partial charge in [-0.3, -0.25) is 4.79 Å². The lowest BCUT2D eigenvalue weighted by atomic mass is 10.1. The molecule has 0 aliphatic heterocycles. The maximum atomic E-state index is 12.2. The zero-order chi connectivity index (χ0) is 16.4. The van der Waals surface area contributed by atoms with Gasteiger partial charge in [-0.15, -0.1) is 0 Å². The van der Waals surface area contributed by atoms with Crippen molar-refractivity contribution in [3.05, 3.63) is 52.3 Å². The number of allylic oxidation sites excluding steroid dienone is 1. The van der Waals surface area contributed by atoms with Crippen molar-refractivity contribution in [3.63, 3.8) is 0 Å². The number of hydrogen-bond donors (Lipinski definition) is 2. The lowest BCUT2D eigenvalue weighted by Crippen LogP contribution is -2.09. The van der Waals surface area contributed by atoms with Gasteiger partial charge >= 0.3 is 0 Å². The van der Waals surface area contributed by atoms with Crippen molar-refractivity contribution in [1.29, 1.82) is 0 Å². The number of para-hydroxylation sites is 1. The number of phenolic OH excluding ortho intramolecular Hbond substituents is 1. The summed E-state index contributed by atoms with van der Waals surface area (Å²) in [7, 11) is 0. The van der Waals surface area contributed by atoms with E-state index >= 15 is 0 Å². The predicted molar refractivity (Wildman–Crippen MR) is 93.7 cm³/mol. The zero-order valence-electron chi connectivity index (χ0n) is 13.5. The van der Waals surface area contributed by atoms with E-state index in [4.69, 9.17) is 0 Å².